The maximum atomic E-state index is 11.6. The second kappa shape index (κ2) is 8.14. The summed E-state index contributed by atoms with van der Waals surface area (Å²) >= 11 is 6.27. The van der Waals surface area contributed by atoms with E-state index in [1.54, 1.807) is 37.6 Å². The number of nitrogens with zero attached hydrogens (tertiary/aromatic N) is 1. The predicted molar refractivity (Wildman–Crippen MR) is 107 cm³/mol. The topological polar surface area (TPSA) is 72.5 Å². The molecule has 1 heterocycles. The molecule has 2 N–H and O–H groups in total. The van der Waals surface area contributed by atoms with E-state index in [1.807, 2.05) is 26.0 Å². The van der Waals surface area contributed by atoms with Gasteiger partial charge in [-0.25, -0.2) is 4.79 Å². The minimum Gasteiger partial charge on any atom is -0.496 e. The van der Waals surface area contributed by atoms with E-state index in [4.69, 9.17) is 21.1 Å². The lowest BCUT2D eigenvalue weighted by molar-refractivity contribution is 0.252. The highest BCUT2D eigenvalue weighted by molar-refractivity contribution is 6.33. The molecular weight excluding hydrogens is 366 g/mol. The number of hydrogen-bond acceptors (Lipinski definition) is 4. The average molecular weight is 386 g/mol. The highest BCUT2D eigenvalue weighted by Gasteiger charge is 2.11. The lowest BCUT2D eigenvalue weighted by Gasteiger charge is -2.13. The number of ether oxygens (including phenoxy) is 2. The first-order chi connectivity index (χ1) is 13.0. The maximum Gasteiger partial charge on any atom is 0.319 e. The van der Waals surface area contributed by atoms with Gasteiger partial charge in [0.25, 0.3) is 0 Å². The number of methoxy groups -OCH3 is 1. The fraction of sp³-hybridized carbons (Fsp3) is 0.200. The van der Waals surface area contributed by atoms with Crippen molar-refractivity contribution < 1.29 is 14.3 Å². The van der Waals surface area contributed by atoms with Crippen LogP contribution in [0.3, 0.4) is 0 Å². The van der Waals surface area contributed by atoms with Gasteiger partial charge in [-0.05, 0) is 43.7 Å². The van der Waals surface area contributed by atoms with Crippen LogP contribution in [0.4, 0.5) is 10.5 Å². The van der Waals surface area contributed by atoms with E-state index in [0.29, 0.717) is 28.8 Å². The number of carbonyl (C=O) groups excluding carboxylic acids is 1. The SMILES string of the molecule is CCNC(=O)Nc1ccc(Oc2ccnc3cc(OC)c(C)cc23)cc1Cl. The predicted octanol–water partition coefficient (Wildman–Crippen LogP) is 5.14. The number of halogens is 1. The van der Waals surface area contributed by atoms with Gasteiger partial charge in [-0.2, -0.15) is 0 Å². The standard InChI is InChI=1S/C20H20ClN3O3/c1-4-22-20(25)24-16-6-5-13(10-15(16)21)27-18-7-8-23-17-11-19(26-3)12(2)9-14(17)18/h5-11H,4H2,1-3H3,(H2,22,24,25). The minimum absolute atomic E-state index is 0.308. The zero-order valence-corrected chi connectivity index (χ0v) is 16.1. The van der Waals surface area contributed by atoms with Crippen molar-refractivity contribution in [3.8, 4) is 17.2 Å². The molecule has 0 aliphatic heterocycles. The van der Waals surface area contributed by atoms with E-state index in [2.05, 4.69) is 15.6 Å². The normalized spacial score (nSPS) is 10.5. The van der Waals surface area contributed by atoms with Crippen LogP contribution in [0.25, 0.3) is 10.9 Å². The first-order valence-electron chi connectivity index (χ1n) is 8.47. The fourth-order valence-electron chi connectivity index (χ4n) is 2.68. The van der Waals surface area contributed by atoms with Crippen LogP contribution in [-0.2, 0) is 0 Å². The molecule has 3 aromatic rings. The number of carbonyl (C=O) groups is 1. The summed E-state index contributed by atoms with van der Waals surface area (Å²) in [5, 5.41) is 6.60. The number of nitrogens with one attached hydrogen (secondary N) is 2. The van der Waals surface area contributed by atoms with Crippen molar-refractivity contribution in [3.05, 3.63) is 53.2 Å². The molecule has 0 fully saturated rings. The van der Waals surface area contributed by atoms with Gasteiger partial charge in [0.2, 0.25) is 0 Å². The average Bonchev–Trinajstić information content (AvgIpc) is 2.64. The first kappa shape index (κ1) is 18.8. The van der Waals surface area contributed by atoms with Gasteiger partial charge in [-0.1, -0.05) is 11.6 Å². The monoisotopic (exact) mass is 385 g/mol. The summed E-state index contributed by atoms with van der Waals surface area (Å²) in [4.78, 5) is 16.0. The van der Waals surface area contributed by atoms with Gasteiger partial charge in [0.05, 0.1) is 23.3 Å². The van der Waals surface area contributed by atoms with Crippen molar-refractivity contribution >= 4 is 34.2 Å². The molecule has 0 saturated heterocycles. The van der Waals surface area contributed by atoms with E-state index in [-0.39, 0.29) is 6.03 Å². The number of aromatic nitrogens is 1. The lowest BCUT2D eigenvalue weighted by atomic mass is 10.1. The molecule has 2 aromatic carbocycles. The van der Waals surface area contributed by atoms with Crippen LogP contribution in [0, 0.1) is 6.92 Å². The molecule has 0 atom stereocenters. The molecule has 0 unspecified atom stereocenters. The molecular formula is C20H20ClN3O3. The molecule has 0 spiro atoms. The van der Waals surface area contributed by atoms with E-state index < -0.39 is 0 Å². The summed E-state index contributed by atoms with van der Waals surface area (Å²) in [6.07, 6.45) is 1.68. The Hall–Kier alpha value is -2.99. The maximum absolute atomic E-state index is 11.6. The second-order valence-corrected chi connectivity index (χ2v) is 6.28. The third kappa shape index (κ3) is 4.23. The summed E-state index contributed by atoms with van der Waals surface area (Å²) in [5.74, 6) is 1.99. The zero-order chi connectivity index (χ0) is 19.4. The van der Waals surface area contributed by atoms with Crippen molar-refractivity contribution in [2.75, 3.05) is 19.0 Å². The Morgan fingerprint density at radius 1 is 1.19 bits per heavy atom. The van der Waals surface area contributed by atoms with Crippen LogP contribution in [0.5, 0.6) is 17.2 Å². The van der Waals surface area contributed by atoms with Crippen LogP contribution < -0.4 is 20.1 Å². The number of benzene rings is 2. The van der Waals surface area contributed by atoms with Gasteiger partial charge >= 0.3 is 6.03 Å². The van der Waals surface area contributed by atoms with Gasteiger partial charge in [-0.15, -0.1) is 0 Å². The van der Waals surface area contributed by atoms with Crippen molar-refractivity contribution in [2.24, 2.45) is 0 Å². The number of amides is 2. The summed E-state index contributed by atoms with van der Waals surface area (Å²) in [5.41, 5.74) is 2.27. The van der Waals surface area contributed by atoms with Crippen LogP contribution in [-0.4, -0.2) is 24.7 Å². The van der Waals surface area contributed by atoms with Crippen molar-refractivity contribution in [1.29, 1.82) is 0 Å². The van der Waals surface area contributed by atoms with Crippen molar-refractivity contribution in [2.45, 2.75) is 13.8 Å². The third-order valence-corrected chi connectivity index (χ3v) is 4.28. The van der Waals surface area contributed by atoms with E-state index in [1.165, 1.54) is 0 Å². The minimum atomic E-state index is -0.308. The van der Waals surface area contributed by atoms with E-state index >= 15 is 0 Å². The summed E-state index contributed by atoms with van der Waals surface area (Å²) in [6, 6.07) is 10.4. The van der Waals surface area contributed by atoms with Crippen molar-refractivity contribution in [3.63, 3.8) is 0 Å². The molecule has 140 valence electrons. The second-order valence-electron chi connectivity index (χ2n) is 5.88. The Kier molecular flexibility index (Phi) is 5.66. The van der Waals surface area contributed by atoms with Crippen LogP contribution in [0.15, 0.2) is 42.6 Å². The van der Waals surface area contributed by atoms with Crippen molar-refractivity contribution in [1.82, 2.24) is 10.3 Å². The molecule has 0 radical (unpaired) electrons. The van der Waals surface area contributed by atoms with E-state index in [9.17, 15) is 4.79 Å². The molecule has 2 amide bonds. The zero-order valence-electron chi connectivity index (χ0n) is 15.3. The molecule has 3 rings (SSSR count). The Morgan fingerprint density at radius 3 is 2.70 bits per heavy atom. The molecule has 0 bridgehead atoms. The van der Waals surface area contributed by atoms with Crippen LogP contribution in [0.2, 0.25) is 5.02 Å². The summed E-state index contributed by atoms with van der Waals surface area (Å²) in [6.45, 7) is 4.34. The largest absolute Gasteiger partial charge is 0.496 e. The molecule has 0 aliphatic carbocycles. The number of pyridine rings is 1. The Bertz CT molecular complexity index is 992. The van der Waals surface area contributed by atoms with Gasteiger partial charge in [0.15, 0.2) is 0 Å². The van der Waals surface area contributed by atoms with Gasteiger partial charge in [-0.3, -0.25) is 4.98 Å². The molecule has 6 nitrogen and oxygen atoms in total. The molecule has 1 aromatic heterocycles. The number of hydrogen-bond donors (Lipinski definition) is 2. The third-order valence-electron chi connectivity index (χ3n) is 3.97. The Balaban J connectivity index is 1.88. The first-order valence-corrected chi connectivity index (χ1v) is 8.85. The fourth-order valence-corrected chi connectivity index (χ4v) is 2.90. The molecule has 27 heavy (non-hydrogen) atoms. The number of anilines is 1. The smallest absolute Gasteiger partial charge is 0.319 e. The Labute approximate surface area is 162 Å². The van der Waals surface area contributed by atoms with E-state index in [0.717, 1.165) is 22.2 Å². The lowest BCUT2D eigenvalue weighted by Crippen LogP contribution is -2.28. The molecule has 7 heteroatoms. The number of urea groups is 1. The number of aryl methyl sites for hydroxylation is 1. The number of rotatable bonds is 5. The summed E-state index contributed by atoms with van der Waals surface area (Å²) in [7, 11) is 1.63. The Morgan fingerprint density at radius 2 is 2.00 bits per heavy atom. The molecule has 0 aliphatic rings. The molecule has 0 saturated carbocycles. The number of fused-ring (bicyclic) bond motifs is 1. The van der Waals surface area contributed by atoms with Crippen LogP contribution >= 0.6 is 11.6 Å². The van der Waals surface area contributed by atoms with Gasteiger partial charge in [0, 0.05) is 30.3 Å². The van der Waals surface area contributed by atoms with Crippen LogP contribution in [0.1, 0.15) is 12.5 Å². The highest BCUT2D eigenvalue weighted by Crippen LogP contribution is 2.34. The quantitative estimate of drug-likeness (QED) is 0.637. The van der Waals surface area contributed by atoms with Gasteiger partial charge < -0.3 is 20.1 Å². The highest BCUT2D eigenvalue weighted by atomic mass is 35.5. The summed E-state index contributed by atoms with van der Waals surface area (Å²) < 4.78 is 11.4. The van der Waals surface area contributed by atoms with Gasteiger partial charge in [0.1, 0.15) is 17.2 Å².